The second kappa shape index (κ2) is 7.00. The van der Waals surface area contributed by atoms with E-state index < -0.39 is 0 Å². The quantitative estimate of drug-likeness (QED) is 0.562. The fraction of sp³-hybridized carbons (Fsp3) is 0.438. The largest absolute Gasteiger partial charge is 0.462 e. The van der Waals surface area contributed by atoms with Crippen LogP contribution in [0.1, 0.15) is 44.2 Å². The minimum atomic E-state index is -0.309. The first kappa shape index (κ1) is 14.5. The Labute approximate surface area is 110 Å². The Bertz CT molecular complexity index is 421. The van der Waals surface area contributed by atoms with Crippen LogP contribution in [0, 0.1) is 0 Å². The zero-order valence-electron chi connectivity index (χ0n) is 11.5. The molecule has 0 aliphatic heterocycles. The maximum atomic E-state index is 11.3. The van der Waals surface area contributed by atoms with Crippen LogP contribution < -0.4 is 0 Å². The van der Waals surface area contributed by atoms with Gasteiger partial charge in [-0.1, -0.05) is 44.7 Å². The van der Waals surface area contributed by atoms with E-state index in [0.29, 0.717) is 18.1 Å². The maximum Gasteiger partial charge on any atom is 0.333 e. The normalized spacial score (nSPS) is 11.9. The van der Waals surface area contributed by atoms with Crippen molar-refractivity contribution >= 4 is 5.97 Å². The predicted molar refractivity (Wildman–Crippen MR) is 74.6 cm³/mol. The molecule has 98 valence electrons. The highest BCUT2D eigenvalue weighted by atomic mass is 16.5. The molecule has 1 aromatic rings. The van der Waals surface area contributed by atoms with E-state index in [9.17, 15) is 4.79 Å². The van der Waals surface area contributed by atoms with Crippen LogP contribution in [-0.4, -0.2) is 12.6 Å². The first-order valence-corrected chi connectivity index (χ1v) is 6.46. The van der Waals surface area contributed by atoms with Crippen molar-refractivity contribution in [1.82, 2.24) is 0 Å². The Morgan fingerprint density at radius 2 is 2.06 bits per heavy atom. The average Bonchev–Trinajstić information content (AvgIpc) is 2.38. The molecular weight excluding hydrogens is 224 g/mol. The molecule has 0 fully saturated rings. The van der Waals surface area contributed by atoms with E-state index in [1.54, 1.807) is 6.92 Å². The monoisotopic (exact) mass is 246 g/mol. The fourth-order valence-corrected chi connectivity index (χ4v) is 1.84. The standard InChI is InChI=1S/C16H22O2/c1-5-13(4)15-9-7-6-8-14(15)10-11-18-16(17)12(2)3/h6-9,13H,2,5,10-11H2,1,3-4H3. The van der Waals surface area contributed by atoms with Gasteiger partial charge in [-0.05, 0) is 30.4 Å². The van der Waals surface area contributed by atoms with Gasteiger partial charge in [0, 0.05) is 12.0 Å². The van der Waals surface area contributed by atoms with Crippen molar-refractivity contribution in [3.05, 3.63) is 47.5 Å². The zero-order chi connectivity index (χ0) is 13.5. The van der Waals surface area contributed by atoms with Gasteiger partial charge in [-0.25, -0.2) is 4.79 Å². The van der Waals surface area contributed by atoms with Crippen LogP contribution in [0.5, 0.6) is 0 Å². The number of carbonyl (C=O) groups is 1. The molecular formula is C16H22O2. The van der Waals surface area contributed by atoms with Crippen molar-refractivity contribution in [1.29, 1.82) is 0 Å². The molecule has 0 bridgehead atoms. The molecule has 1 unspecified atom stereocenters. The summed E-state index contributed by atoms with van der Waals surface area (Å²) in [6.45, 7) is 10.0. The molecule has 0 saturated carbocycles. The first-order valence-electron chi connectivity index (χ1n) is 6.46. The number of benzene rings is 1. The summed E-state index contributed by atoms with van der Waals surface area (Å²) < 4.78 is 5.14. The second-order valence-corrected chi connectivity index (χ2v) is 4.67. The van der Waals surface area contributed by atoms with Gasteiger partial charge < -0.3 is 4.74 Å². The van der Waals surface area contributed by atoms with E-state index in [1.807, 2.05) is 6.07 Å². The number of esters is 1. The molecule has 0 aromatic heterocycles. The third kappa shape index (κ3) is 4.02. The van der Waals surface area contributed by atoms with Crippen molar-refractivity contribution in [2.24, 2.45) is 0 Å². The van der Waals surface area contributed by atoms with Gasteiger partial charge >= 0.3 is 5.97 Å². The molecule has 1 rings (SSSR count). The molecule has 1 aromatic carbocycles. The van der Waals surface area contributed by atoms with Crippen LogP contribution in [0.3, 0.4) is 0 Å². The van der Waals surface area contributed by atoms with Gasteiger partial charge in [0.05, 0.1) is 6.61 Å². The molecule has 0 saturated heterocycles. The van der Waals surface area contributed by atoms with Gasteiger partial charge in [-0.2, -0.15) is 0 Å². The molecule has 0 aliphatic carbocycles. The van der Waals surface area contributed by atoms with Gasteiger partial charge in [0.25, 0.3) is 0 Å². The van der Waals surface area contributed by atoms with E-state index in [2.05, 4.69) is 38.6 Å². The van der Waals surface area contributed by atoms with Gasteiger partial charge in [-0.15, -0.1) is 0 Å². The van der Waals surface area contributed by atoms with Gasteiger partial charge in [0.1, 0.15) is 0 Å². The second-order valence-electron chi connectivity index (χ2n) is 4.67. The zero-order valence-corrected chi connectivity index (χ0v) is 11.5. The van der Waals surface area contributed by atoms with Crippen molar-refractivity contribution in [2.45, 2.75) is 39.5 Å². The van der Waals surface area contributed by atoms with Crippen molar-refractivity contribution in [3.63, 3.8) is 0 Å². The highest BCUT2D eigenvalue weighted by Gasteiger charge is 2.09. The number of ether oxygens (including phenoxy) is 1. The Hall–Kier alpha value is -1.57. The maximum absolute atomic E-state index is 11.3. The summed E-state index contributed by atoms with van der Waals surface area (Å²) in [6, 6.07) is 8.35. The van der Waals surface area contributed by atoms with Crippen LogP contribution in [0.25, 0.3) is 0 Å². The summed E-state index contributed by atoms with van der Waals surface area (Å²) in [5.41, 5.74) is 3.07. The highest BCUT2D eigenvalue weighted by molar-refractivity contribution is 5.86. The van der Waals surface area contributed by atoms with Crippen LogP contribution in [0.2, 0.25) is 0 Å². The van der Waals surface area contributed by atoms with Crippen molar-refractivity contribution in [2.75, 3.05) is 6.61 Å². The highest BCUT2D eigenvalue weighted by Crippen LogP contribution is 2.22. The molecule has 1 atom stereocenters. The van der Waals surface area contributed by atoms with E-state index >= 15 is 0 Å². The Kier molecular flexibility index (Phi) is 5.63. The molecule has 2 nitrogen and oxygen atoms in total. The van der Waals surface area contributed by atoms with Crippen LogP contribution >= 0.6 is 0 Å². The number of carbonyl (C=O) groups excluding carboxylic acids is 1. The molecule has 0 N–H and O–H groups in total. The van der Waals surface area contributed by atoms with Gasteiger partial charge in [0.15, 0.2) is 0 Å². The first-order chi connectivity index (χ1) is 8.56. The molecule has 0 amide bonds. The molecule has 2 heteroatoms. The fourth-order valence-electron chi connectivity index (χ4n) is 1.84. The van der Waals surface area contributed by atoms with Crippen molar-refractivity contribution in [3.8, 4) is 0 Å². The van der Waals surface area contributed by atoms with E-state index in [1.165, 1.54) is 11.1 Å². The lowest BCUT2D eigenvalue weighted by atomic mass is 9.92. The minimum absolute atomic E-state index is 0.309. The Balaban J connectivity index is 2.62. The Morgan fingerprint density at radius 3 is 2.67 bits per heavy atom. The third-order valence-corrected chi connectivity index (χ3v) is 3.15. The minimum Gasteiger partial charge on any atom is -0.462 e. The molecule has 0 radical (unpaired) electrons. The predicted octanol–water partition coefficient (Wildman–Crippen LogP) is 3.86. The van der Waals surface area contributed by atoms with Crippen LogP contribution in [-0.2, 0) is 16.0 Å². The summed E-state index contributed by atoms with van der Waals surface area (Å²) in [5, 5.41) is 0. The van der Waals surface area contributed by atoms with Gasteiger partial charge in [-0.3, -0.25) is 0 Å². The Morgan fingerprint density at radius 1 is 1.39 bits per heavy atom. The van der Waals surface area contributed by atoms with Crippen LogP contribution in [0.15, 0.2) is 36.4 Å². The van der Waals surface area contributed by atoms with Crippen molar-refractivity contribution < 1.29 is 9.53 Å². The summed E-state index contributed by atoms with van der Waals surface area (Å²) >= 11 is 0. The summed E-state index contributed by atoms with van der Waals surface area (Å²) in [6.07, 6.45) is 1.88. The molecule has 0 aliphatic rings. The summed E-state index contributed by atoms with van der Waals surface area (Å²) in [4.78, 5) is 11.3. The summed E-state index contributed by atoms with van der Waals surface area (Å²) in [5.74, 6) is 0.231. The van der Waals surface area contributed by atoms with Gasteiger partial charge in [0.2, 0.25) is 0 Å². The SMILES string of the molecule is C=C(C)C(=O)OCCc1ccccc1C(C)CC. The van der Waals surface area contributed by atoms with Crippen LogP contribution in [0.4, 0.5) is 0 Å². The average molecular weight is 246 g/mol. The smallest absolute Gasteiger partial charge is 0.333 e. The van der Waals surface area contributed by atoms with E-state index in [-0.39, 0.29) is 5.97 Å². The lowest BCUT2D eigenvalue weighted by molar-refractivity contribution is -0.138. The summed E-state index contributed by atoms with van der Waals surface area (Å²) in [7, 11) is 0. The number of hydrogen-bond donors (Lipinski definition) is 0. The lowest BCUT2D eigenvalue weighted by Crippen LogP contribution is -2.09. The third-order valence-electron chi connectivity index (χ3n) is 3.15. The van der Waals surface area contributed by atoms with E-state index in [4.69, 9.17) is 4.74 Å². The molecule has 18 heavy (non-hydrogen) atoms. The number of rotatable bonds is 6. The topological polar surface area (TPSA) is 26.3 Å². The lowest BCUT2D eigenvalue weighted by Gasteiger charge is -2.14. The molecule has 0 spiro atoms. The molecule has 0 heterocycles. The number of hydrogen-bond acceptors (Lipinski definition) is 2. The van der Waals surface area contributed by atoms with E-state index in [0.717, 1.165) is 12.8 Å².